The lowest BCUT2D eigenvalue weighted by molar-refractivity contribution is 0.169. The van der Waals surface area contributed by atoms with E-state index in [0.29, 0.717) is 11.5 Å². The normalized spacial score (nSPS) is 27.4. The molecule has 0 bridgehead atoms. The van der Waals surface area contributed by atoms with E-state index in [1.807, 2.05) is 0 Å². The van der Waals surface area contributed by atoms with Crippen LogP contribution >= 0.6 is 0 Å². The molecular formula is C10H23NO2Si. The maximum atomic E-state index is 5.72. The lowest BCUT2D eigenvalue weighted by Crippen LogP contribution is -2.56. The van der Waals surface area contributed by atoms with E-state index in [-0.39, 0.29) is 0 Å². The fourth-order valence-corrected chi connectivity index (χ4v) is 6.07. The smallest absolute Gasteiger partial charge is 0.386 e. The molecule has 0 aromatic carbocycles. The van der Waals surface area contributed by atoms with Gasteiger partial charge in [-0.25, -0.2) is 0 Å². The average molecular weight is 217 g/mol. The average Bonchev–Trinajstić information content (AvgIpc) is 2.43. The second-order valence-electron chi connectivity index (χ2n) is 4.57. The molecule has 0 aromatic rings. The second kappa shape index (κ2) is 4.75. The topological polar surface area (TPSA) is 21.7 Å². The van der Waals surface area contributed by atoms with E-state index in [1.54, 1.807) is 14.2 Å². The zero-order valence-corrected chi connectivity index (χ0v) is 11.0. The van der Waals surface area contributed by atoms with Crippen LogP contribution in [0.4, 0.5) is 0 Å². The van der Waals surface area contributed by atoms with Crippen molar-refractivity contribution in [2.24, 2.45) is 5.92 Å². The number of rotatable bonds is 4. The SMILES string of the molecule is CO[Si]1(OC)C(C)CCN1CC(C)C. The van der Waals surface area contributed by atoms with E-state index in [4.69, 9.17) is 8.85 Å². The van der Waals surface area contributed by atoms with Gasteiger partial charge in [0.15, 0.2) is 0 Å². The van der Waals surface area contributed by atoms with Gasteiger partial charge in [0.1, 0.15) is 0 Å². The summed E-state index contributed by atoms with van der Waals surface area (Å²) in [5.74, 6) is 0.678. The van der Waals surface area contributed by atoms with E-state index in [0.717, 1.165) is 13.1 Å². The molecule has 1 aliphatic rings. The van der Waals surface area contributed by atoms with E-state index in [9.17, 15) is 0 Å². The van der Waals surface area contributed by atoms with Gasteiger partial charge in [0, 0.05) is 19.8 Å². The van der Waals surface area contributed by atoms with E-state index < -0.39 is 8.72 Å². The van der Waals surface area contributed by atoms with Crippen molar-refractivity contribution in [1.29, 1.82) is 0 Å². The molecule has 14 heavy (non-hydrogen) atoms. The third-order valence-corrected chi connectivity index (χ3v) is 7.06. The number of hydrogen-bond acceptors (Lipinski definition) is 3. The van der Waals surface area contributed by atoms with Gasteiger partial charge < -0.3 is 8.85 Å². The first-order valence-corrected chi connectivity index (χ1v) is 7.26. The Balaban J connectivity index is 2.74. The van der Waals surface area contributed by atoms with Crippen LogP contribution in [-0.2, 0) is 8.85 Å². The van der Waals surface area contributed by atoms with Crippen LogP contribution in [0, 0.1) is 5.92 Å². The Labute approximate surface area is 88.7 Å². The van der Waals surface area contributed by atoms with Crippen LogP contribution in [-0.4, -0.2) is 40.6 Å². The molecular weight excluding hydrogens is 194 g/mol. The van der Waals surface area contributed by atoms with Crippen LogP contribution in [0.15, 0.2) is 0 Å². The van der Waals surface area contributed by atoms with Crippen molar-refractivity contribution in [1.82, 2.24) is 4.57 Å². The molecule has 0 spiro atoms. The molecule has 1 heterocycles. The van der Waals surface area contributed by atoms with Gasteiger partial charge in [-0.05, 0) is 25.4 Å². The second-order valence-corrected chi connectivity index (χ2v) is 8.26. The number of nitrogens with zero attached hydrogens (tertiary/aromatic N) is 1. The van der Waals surface area contributed by atoms with Crippen LogP contribution in [0.5, 0.6) is 0 Å². The molecule has 1 unspecified atom stereocenters. The first-order chi connectivity index (χ1) is 6.56. The maximum absolute atomic E-state index is 5.72. The molecule has 1 atom stereocenters. The van der Waals surface area contributed by atoms with E-state index in [1.165, 1.54) is 6.42 Å². The summed E-state index contributed by atoms with van der Waals surface area (Å²) in [6, 6.07) is 0. The zero-order chi connectivity index (χ0) is 10.8. The molecule has 0 saturated carbocycles. The summed E-state index contributed by atoms with van der Waals surface area (Å²) in [6.45, 7) is 8.96. The molecule has 0 radical (unpaired) electrons. The molecule has 1 saturated heterocycles. The van der Waals surface area contributed by atoms with Crippen molar-refractivity contribution >= 4 is 8.72 Å². The Bertz CT molecular complexity index is 183. The van der Waals surface area contributed by atoms with Gasteiger partial charge in [-0.3, -0.25) is 4.57 Å². The van der Waals surface area contributed by atoms with Crippen LogP contribution in [0.1, 0.15) is 27.2 Å². The fourth-order valence-electron chi connectivity index (χ4n) is 2.40. The molecule has 0 amide bonds. The van der Waals surface area contributed by atoms with Gasteiger partial charge in [0.25, 0.3) is 0 Å². The van der Waals surface area contributed by atoms with E-state index in [2.05, 4.69) is 25.3 Å². The highest BCUT2D eigenvalue weighted by Gasteiger charge is 2.53. The van der Waals surface area contributed by atoms with Gasteiger partial charge in [0.2, 0.25) is 0 Å². The molecule has 1 aliphatic heterocycles. The summed E-state index contributed by atoms with van der Waals surface area (Å²) >= 11 is 0. The van der Waals surface area contributed by atoms with Crippen molar-refractivity contribution in [2.45, 2.75) is 32.7 Å². The van der Waals surface area contributed by atoms with Crippen molar-refractivity contribution in [3.63, 3.8) is 0 Å². The quantitative estimate of drug-likeness (QED) is 0.672. The Kier molecular flexibility index (Phi) is 4.12. The molecule has 1 rings (SSSR count). The molecule has 84 valence electrons. The van der Waals surface area contributed by atoms with Gasteiger partial charge in [-0.2, -0.15) is 0 Å². The maximum Gasteiger partial charge on any atom is 0.430 e. The standard InChI is InChI=1S/C10H23NO2Si/c1-9(2)8-11-7-6-10(3)14(11,12-4)13-5/h9-10H,6-8H2,1-5H3. The summed E-state index contributed by atoms with van der Waals surface area (Å²) < 4.78 is 13.9. The minimum absolute atomic E-state index is 0.580. The predicted octanol–water partition coefficient (Wildman–Crippen LogP) is 1.97. The highest BCUT2D eigenvalue weighted by atomic mass is 28.4. The van der Waals surface area contributed by atoms with Crippen LogP contribution in [0.2, 0.25) is 5.54 Å². The summed E-state index contributed by atoms with van der Waals surface area (Å²) in [5.41, 5.74) is 0.580. The van der Waals surface area contributed by atoms with Crippen molar-refractivity contribution in [3.8, 4) is 0 Å². The minimum atomic E-state index is -2.04. The van der Waals surface area contributed by atoms with Crippen molar-refractivity contribution in [3.05, 3.63) is 0 Å². The van der Waals surface area contributed by atoms with Crippen LogP contribution in [0.3, 0.4) is 0 Å². The minimum Gasteiger partial charge on any atom is -0.386 e. The first kappa shape index (κ1) is 12.2. The van der Waals surface area contributed by atoms with Gasteiger partial charge in [-0.15, -0.1) is 0 Å². The van der Waals surface area contributed by atoms with Crippen LogP contribution < -0.4 is 0 Å². The van der Waals surface area contributed by atoms with Gasteiger partial charge in [-0.1, -0.05) is 20.8 Å². The fraction of sp³-hybridized carbons (Fsp3) is 1.00. The van der Waals surface area contributed by atoms with Gasteiger partial charge >= 0.3 is 8.72 Å². The lowest BCUT2D eigenvalue weighted by atomic mass is 10.2. The van der Waals surface area contributed by atoms with Crippen LogP contribution in [0.25, 0.3) is 0 Å². The monoisotopic (exact) mass is 217 g/mol. The predicted molar refractivity (Wildman–Crippen MR) is 60.2 cm³/mol. The van der Waals surface area contributed by atoms with Crippen molar-refractivity contribution < 1.29 is 8.85 Å². The third kappa shape index (κ3) is 2.03. The molecule has 0 aliphatic carbocycles. The first-order valence-electron chi connectivity index (χ1n) is 5.42. The summed E-state index contributed by atoms with van der Waals surface area (Å²) in [4.78, 5) is 0. The molecule has 0 N–H and O–H groups in total. The Hall–Kier alpha value is 0.0969. The molecule has 0 aromatic heterocycles. The summed E-state index contributed by atoms with van der Waals surface area (Å²) in [6.07, 6.45) is 1.21. The Morgan fingerprint density at radius 2 is 1.93 bits per heavy atom. The van der Waals surface area contributed by atoms with Gasteiger partial charge in [0.05, 0.1) is 0 Å². The summed E-state index contributed by atoms with van der Waals surface area (Å²) in [5, 5.41) is 0. The lowest BCUT2D eigenvalue weighted by Gasteiger charge is -2.35. The van der Waals surface area contributed by atoms with Crippen molar-refractivity contribution in [2.75, 3.05) is 27.3 Å². The Morgan fingerprint density at radius 1 is 1.36 bits per heavy atom. The number of hydrogen-bond donors (Lipinski definition) is 0. The third-order valence-electron chi connectivity index (χ3n) is 3.07. The molecule has 3 nitrogen and oxygen atoms in total. The molecule has 4 heteroatoms. The largest absolute Gasteiger partial charge is 0.430 e. The van der Waals surface area contributed by atoms with E-state index >= 15 is 0 Å². The summed E-state index contributed by atoms with van der Waals surface area (Å²) in [7, 11) is 1.55. The zero-order valence-electron chi connectivity index (χ0n) is 10.0. The molecule has 1 fully saturated rings. The highest BCUT2D eigenvalue weighted by molar-refractivity contribution is 6.66. The Morgan fingerprint density at radius 3 is 2.36 bits per heavy atom. The highest BCUT2D eigenvalue weighted by Crippen LogP contribution is 2.36.